The molecule has 0 bridgehead atoms. The van der Waals surface area contributed by atoms with Gasteiger partial charge in [0.05, 0.1) is 11.0 Å². The third-order valence-electron chi connectivity index (χ3n) is 5.70. The number of aromatic nitrogens is 1. The van der Waals surface area contributed by atoms with Crippen molar-refractivity contribution in [3.05, 3.63) is 96.6 Å². The summed E-state index contributed by atoms with van der Waals surface area (Å²) < 4.78 is 2.07. The lowest BCUT2D eigenvalue weighted by Crippen LogP contribution is -2.15. The Morgan fingerprint density at radius 1 is 0.630 bits per heavy atom. The molecule has 4 aromatic carbocycles. The average molecular weight is 347 g/mol. The predicted octanol–water partition coefficient (Wildman–Crippen LogP) is 5.98. The van der Waals surface area contributed by atoms with Crippen LogP contribution in [0, 0.1) is 0 Å². The van der Waals surface area contributed by atoms with Crippen molar-refractivity contribution in [2.45, 2.75) is 6.23 Å². The smallest absolute Gasteiger partial charge is 0.158 e. The fourth-order valence-corrected chi connectivity index (χ4v) is 4.49. The Kier molecular flexibility index (Phi) is 2.91. The summed E-state index contributed by atoms with van der Waals surface area (Å²) in [6.07, 6.45) is -0.679. The first-order valence-electron chi connectivity index (χ1n) is 9.22. The zero-order chi connectivity index (χ0) is 18.0. The molecule has 128 valence electrons. The minimum atomic E-state index is -0.679. The summed E-state index contributed by atoms with van der Waals surface area (Å²) in [5, 5.41) is 13.6. The van der Waals surface area contributed by atoms with Crippen LogP contribution in [0.15, 0.2) is 91.0 Å². The standard InChI is InChI=1S/C25H17NO/c27-25-21-14-13-17(16-7-2-1-3-8-16)15-22(21)20-11-6-10-19-18-9-4-5-12-23(18)26(25)24(19)20/h1-15,25,27H. The molecule has 2 heteroatoms. The van der Waals surface area contributed by atoms with Gasteiger partial charge in [-0.1, -0.05) is 78.9 Å². The first kappa shape index (κ1) is 14.8. The number of hydrogen-bond acceptors (Lipinski definition) is 1. The van der Waals surface area contributed by atoms with E-state index in [1.807, 2.05) is 12.1 Å². The van der Waals surface area contributed by atoms with Crippen molar-refractivity contribution in [1.82, 2.24) is 4.57 Å². The summed E-state index contributed by atoms with van der Waals surface area (Å²) in [6.45, 7) is 0. The Labute approximate surface area is 156 Å². The molecule has 2 nitrogen and oxygen atoms in total. The number of rotatable bonds is 1. The monoisotopic (exact) mass is 347 g/mol. The van der Waals surface area contributed by atoms with E-state index in [0.29, 0.717) is 0 Å². The SMILES string of the molecule is OC1c2ccc(-c3ccccc3)cc2-c2cccc3c4ccccc4n1c23. The van der Waals surface area contributed by atoms with E-state index in [9.17, 15) is 5.11 Å². The zero-order valence-corrected chi connectivity index (χ0v) is 14.6. The van der Waals surface area contributed by atoms with Crippen LogP contribution in [-0.4, -0.2) is 9.67 Å². The molecular formula is C25H17NO. The van der Waals surface area contributed by atoms with Gasteiger partial charge in [0.25, 0.3) is 0 Å². The van der Waals surface area contributed by atoms with Gasteiger partial charge >= 0.3 is 0 Å². The topological polar surface area (TPSA) is 25.2 Å². The summed E-state index contributed by atoms with van der Waals surface area (Å²) in [6, 6.07) is 31.5. The molecule has 0 saturated heterocycles. The van der Waals surface area contributed by atoms with Crippen LogP contribution in [0.3, 0.4) is 0 Å². The van der Waals surface area contributed by atoms with Crippen LogP contribution in [0.5, 0.6) is 0 Å². The molecule has 0 amide bonds. The van der Waals surface area contributed by atoms with Gasteiger partial charge in [0.2, 0.25) is 0 Å². The van der Waals surface area contributed by atoms with Gasteiger partial charge in [-0.3, -0.25) is 0 Å². The molecule has 1 aliphatic heterocycles. The summed E-state index contributed by atoms with van der Waals surface area (Å²) in [5.74, 6) is 0. The molecule has 1 N–H and O–H groups in total. The number of benzene rings is 4. The Morgan fingerprint density at radius 2 is 1.41 bits per heavy atom. The summed E-state index contributed by atoms with van der Waals surface area (Å²) in [4.78, 5) is 0. The number of aliphatic hydroxyl groups excluding tert-OH is 1. The molecule has 0 spiro atoms. The highest BCUT2D eigenvalue weighted by Gasteiger charge is 2.27. The predicted molar refractivity (Wildman–Crippen MR) is 111 cm³/mol. The Hall–Kier alpha value is -3.36. The molecule has 1 aromatic heterocycles. The lowest BCUT2D eigenvalue weighted by Gasteiger charge is -2.26. The van der Waals surface area contributed by atoms with Gasteiger partial charge in [0.15, 0.2) is 6.23 Å². The molecule has 0 fully saturated rings. The zero-order valence-electron chi connectivity index (χ0n) is 14.6. The average Bonchev–Trinajstić information content (AvgIpc) is 3.08. The van der Waals surface area contributed by atoms with Crippen LogP contribution in [0.2, 0.25) is 0 Å². The summed E-state index contributed by atoms with van der Waals surface area (Å²) in [7, 11) is 0. The van der Waals surface area contributed by atoms with Crippen molar-refractivity contribution in [2.24, 2.45) is 0 Å². The summed E-state index contributed by atoms with van der Waals surface area (Å²) in [5.41, 5.74) is 7.80. The van der Waals surface area contributed by atoms with E-state index >= 15 is 0 Å². The maximum Gasteiger partial charge on any atom is 0.158 e. The van der Waals surface area contributed by atoms with Crippen molar-refractivity contribution in [1.29, 1.82) is 0 Å². The van der Waals surface area contributed by atoms with Gasteiger partial charge in [-0.05, 0) is 28.8 Å². The van der Waals surface area contributed by atoms with Crippen LogP contribution in [0.1, 0.15) is 11.8 Å². The molecule has 2 heterocycles. The second-order valence-corrected chi connectivity index (χ2v) is 7.13. The van der Waals surface area contributed by atoms with Crippen molar-refractivity contribution in [2.75, 3.05) is 0 Å². The normalized spacial score (nSPS) is 15.2. The van der Waals surface area contributed by atoms with Crippen molar-refractivity contribution in [3.63, 3.8) is 0 Å². The molecule has 1 unspecified atom stereocenters. The maximum absolute atomic E-state index is 11.2. The Bertz CT molecular complexity index is 1330. The Balaban J connectivity index is 1.72. The molecule has 1 atom stereocenters. The van der Waals surface area contributed by atoms with Gasteiger partial charge in [0.1, 0.15) is 0 Å². The second-order valence-electron chi connectivity index (χ2n) is 7.13. The van der Waals surface area contributed by atoms with E-state index in [-0.39, 0.29) is 0 Å². The van der Waals surface area contributed by atoms with Gasteiger partial charge in [-0.2, -0.15) is 0 Å². The largest absolute Gasteiger partial charge is 0.369 e. The molecule has 0 radical (unpaired) electrons. The number of nitrogens with zero attached hydrogens (tertiary/aromatic N) is 1. The molecule has 5 aromatic rings. The molecule has 0 saturated carbocycles. The first-order valence-corrected chi connectivity index (χ1v) is 9.22. The third kappa shape index (κ3) is 1.93. The van der Waals surface area contributed by atoms with Gasteiger partial charge in [0, 0.05) is 21.9 Å². The fourth-order valence-electron chi connectivity index (χ4n) is 4.49. The lowest BCUT2D eigenvalue weighted by molar-refractivity contribution is 0.155. The highest BCUT2D eigenvalue weighted by molar-refractivity contribution is 6.14. The highest BCUT2D eigenvalue weighted by atomic mass is 16.3. The van der Waals surface area contributed by atoms with Crippen LogP contribution in [0.25, 0.3) is 44.1 Å². The van der Waals surface area contributed by atoms with E-state index in [2.05, 4.69) is 83.4 Å². The number of hydrogen-bond donors (Lipinski definition) is 1. The number of para-hydroxylation sites is 2. The summed E-state index contributed by atoms with van der Waals surface area (Å²) >= 11 is 0. The minimum absolute atomic E-state index is 0.679. The van der Waals surface area contributed by atoms with E-state index in [1.165, 1.54) is 27.5 Å². The molecule has 27 heavy (non-hydrogen) atoms. The van der Waals surface area contributed by atoms with Crippen molar-refractivity contribution < 1.29 is 5.11 Å². The fraction of sp³-hybridized carbons (Fsp3) is 0.0400. The van der Waals surface area contributed by atoms with E-state index < -0.39 is 6.23 Å². The van der Waals surface area contributed by atoms with Crippen molar-refractivity contribution in [3.8, 4) is 22.3 Å². The third-order valence-corrected chi connectivity index (χ3v) is 5.70. The lowest BCUT2D eigenvalue weighted by atomic mass is 9.90. The van der Waals surface area contributed by atoms with Gasteiger partial charge < -0.3 is 9.67 Å². The van der Waals surface area contributed by atoms with Gasteiger partial charge in [-0.15, -0.1) is 0 Å². The highest BCUT2D eigenvalue weighted by Crippen LogP contribution is 2.45. The number of fused-ring (bicyclic) bond motifs is 5. The molecule has 6 rings (SSSR count). The van der Waals surface area contributed by atoms with Crippen LogP contribution in [0.4, 0.5) is 0 Å². The van der Waals surface area contributed by atoms with Crippen LogP contribution >= 0.6 is 0 Å². The van der Waals surface area contributed by atoms with Crippen LogP contribution < -0.4 is 0 Å². The van der Waals surface area contributed by atoms with E-state index in [4.69, 9.17) is 0 Å². The minimum Gasteiger partial charge on any atom is -0.369 e. The van der Waals surface area contributed by atoms with Gasteiger partial charge in [-0.25, -0.2) is 0 Å². The van der Waals surface area contributed by atoms with Crippen molar-refractivity contribution >= 4 is 21.8 Å². The van der Waals surface area contributed by atoms with E-state index in [0.717, 1.165) is 22.2 Å². The molecule has 1 aliphatic rings. The number of aliphatic hydroxyl groups is 1. The molecular weight excluding hydrogens is 330 g/mol. The van der Waals surface area contributed by atoms with Crippen LogP contribution in [-0.2, 0) is 0 Å². The second kappa shape index (κ2) is 5.32. The van der Waals surface area contributed by atoms with E-state index in [1.54, 1.807) is 0 Å². The maximum atomic E-state index is 11.2. The molecule has 0 aliphatic carbocycles. The Morgan fingerprint density at radius 3 is 2.30 bits per heavy atom. The first-order chi connectivity index (χ1) is 13.3. The quantitative estimate of drug-likeness (QED) is 0.396.